The number of aryl methyl sites for hydroxylation is 1. The molecule has 1 aliphatic rings. The van der Waals surface area contributed by atoms with E-state index in [0.29, 0.717) is 6.42 Å². The van der Waals surface area contributed by atoms with Gasteiger partial charge in [-0.2, -0.15) is 0 Å². The van der Waals surface area contributed by atoms with Crippen molar-refractivity contribution in [2.24, 2.45) is 0 Å². The molecule has 76 valence electrons. The van der Waals surface area contributed by atoms with E-state index in [1.54, 1.807) is 6.07 Å². The molecular weight excluding hydrogens is 179 g/mol. The Balaban J connectivity index is 2.16. The van der Waals surface area contributed by atoms with Crippen LogP contribution in [-0.4, -0.2) is 10.7 Å². The lowest BCUT2D eigenvalue weighted by Gasteiger charge is -2.37. The van der Waals surface area contributed by atoms with E-state index < -0.39 is 5.60 Å². The SMILES string of the molecule is Cc1cc(F)ccc1CC1(O)CCC1. The smallest absolute Gasteiger partial charge is 0.123 e. The van der Waals surface area contributed by atoms with E-state index >= 15 is 0 Å². The average molecular weight is 194 g/mol. The molecule has 1 fully saturated rings. The lowest BCUT2D eigenvalue weighted by Crippen LogP contribution is -2.39. The summed E-state index contributed by atoms with van der Waals surface area (Å²) >= 11 is 0. The molecule has 0 unspecified atom stereocenters. The summed E-state index contributed by atoms with van der Waals surface area (Å²) in [7, 11) is 0. The van der Waals surface area contributed by atoms with Crippen molar-refractivity contribution >= 4 is 0 Å². The summed E-state index contributed by atoms with van der Waals surface area (Å²) in [4.78, 5) is 0. The molecule has 14 heavy (non-hydrogen) atoms. The Kier molecular flexibility index (Phi) is 2.31. The monoisotopic (exact) mass is 194 g/mol. The molecule has 0 amide bonds. The number of hydrogen-bond donors (Lipinski definition) is 1. The fourth-order valence-corrected chi connectivity index (χ4v) is 1.97. The van der Waals surface area contributed by atoms with E-state index in [0.717, 1.165) is 30.4 Å². The molecule has 0 aromatic heterocycles. The first kappa shape index (κ1) is 9.66. The van der Waals surface area contributed by atoms with Gasteiger partial charge in [0.25, 0.3) is 0 Å². The highest BCUT2D eigenvalue weighted by Gasteiger charge is 2.34. The van der Waals surface area contributed by atoms with Crippen LogP contribution in [0.1, 0.15) is 30.4 Å². The second-order valence-corrected chi connectivity index (χ2v) is 4.33. The molecule has 2 rings (SSSR count). The predicted molar refractivity (Wildman–Crippen MR) is 53.6 cm³/mol. The van der Waals surface area contributed by atoms with Gasteiger partial charge in [-0.05, 0) is 49.4 Å². The van der Waals surface area contributed by atoms with Gasteiger partial charge < -0.3 is 5.11 Å². The van der Waals surface area contributed by atoms with Crippen molar-refractivity contribution in [2.75, 3.05) is 0 Å². The van der Waals surface area contributed by atoms with E-state index in [2.05, 4.69) is 0 Å². The molecule has 0 aliphatic heterocycles. The van der Waals surface area contributed by atoms with Crippen LogP contribution in [0.15, 0.2) is 18.2 Å². The third-order valence-electron chi connectivity index (χ3n) is 3.11. The van der Waals surface area contributed by atoms with Gasteiger partial charge in [0.05, 0.1) is 5.60 Å². The minimum Gasteiger partial charge on any atom is -0.390 e. The molecule has 1 aromatic rings. The first-order chi connectivity index (χ1) is 6.59. The van der Waals surface area contributed by atoms with Gasteiger partial charge in [-0.3, -0.25) is 0 Å². The Labute approximate surface area is 83.6 Å². The molecule has 0 spiro atoms. The van der Waals surface area contributed by atoms with Crippen LogP contribution < -0.4 is 0 Å². The minimum absolute atomic E-state index is 0.202. The van der Waals surface area contributed by atoms with Crippen LogP contribution in [0, 0.1) is 12.7 Å². The van der Waals surface area contributed by atoms with E-state index in [9.17, 15) is 9.50 Å². The zero-order valence-electron chi connectivity index (χ0n) is 8.39. The van der Waals surface area contributed by atoms with Crippen LogP contribution in [0.3, 0.4) is 0 Å². The molecule has 1 N–H and O–H groups in total. The Morgan fingerprint density at radius 2 is 2.14 bits per heavy atom. The highest BCUT2D eigenvalue weighted by Crippen LogP contribution is 2.35. The summed E-state index contributed by atoms with van der Waals surface area (Å²) in [5.41, 5.74) is 1.49. The largest absolute Gasteiger partial charge is 0.390 e. The van der Waals surface area contributed by atoms with Crippen molar-refractivity contribution in [2.45, 2.75) is 38.2 Å². The van der Waals surface area contributed by atoms with Crippen LogP contribution >= 0.6 is 0 Å². The number of aliphatic hydroxyl groups is 1. The van der Waals surface area contributed by atoms with E-state index in [-0.39, 0.29) is 5.82 Å². The minimum atomic E-state index is -0.511. The fourth-order valence-electron chi connectivity index (χ4n) is 1.97. The quantitative estimate of drug-likeness (QED) is 0.767. The standard InChI is InChI=1S/C12H15FO/c1-9-7-11(13)4-3-10(9)8-12(14)5-2-6-12/h3-4,7,14H,2,5-6,8H2,1H3. The second kappa shape index (κ2) is 3.35. The molecular formula is C12H15FO. The fraction of sp³-hybridized carbons (Fsp3) is 0.500. The summed E-state index contributed by atoms with van der Waals surface area (Å²) in [6.07, 6.45) is 3.53. The Bertz CT molecular complexity index is 342. The van der Waals surface area contributed by atoms with Gasteiger partial charge >= 0.3 is 0 Å². The second-order valence-electron chi connectivity index (χ2n) is 4.33. The average Bonchev–Trinajstić information content (AvgIpc) is 2.07. The lowest BCUT2D eigenvalue weighted by atomic mass is 9.75. The summed E-state index contributed by atoms with van der Waals surface area (Å²) in [6.45, 7) is 1.89. The van der Waals surface area contributed by atoms with Crippen molar-refractivity contribution in [1.29, 1.82) is 0 Å². The van der Waals surface area contributed by atoms with Crippen molar-refractivity contribution < 1.29 is 9.50 Å². The van der Waals surface area contributed by atoms with Crippen LogP contribution in [-0.2, 0) is 6.42 Å². The number of rotatable bonds is 2. The first-order valence-corrected chi connectivity index (χ1v) is 5.06. The normalized spacial score (nSPS) is 19.1. The van der Waals surface area contributed by atoms with E-state index in [1.165, 1.54) is 12.1 Å². The van der Waals surface area contributed by atoms with Crippen molar-refractivity contribution in [3.63, 3.8) is 0 Å². The van der Waals surface area contributed by atoms with Crippen LogP contribution in [0.25, 0.3) is 0 Å². The maximum atomic E-state index is 12.8. The zero-order chi connectivity index (χ0) is 10.2. The number of benzene rings is 1. The Morgan fingerprint density at radius 1 is 1.43 bits per heavy atom. The number of hydrogen-bond acceptors (Lipinski definition) is 1. The van der Waals surface area contributed by atoms with Gasteiger partial charge in [-0.15, -0.1) is 0 Å². The highest BCUT2D eigenvalue weighted by atomic mass is 19.1. The van der Waals surface area contributed by atoms with Crippen LogP contribution in [0.2, 0.25) is 0 Å². The molecule has 0 bridgehead atoms. The van der Waals surface area contributed by atoms with E-state index in [4.69, 9.17) is 0 Å². The first-order valence-electron chi connectivity index (χ1n) is 5.06. The summed E-state index contributed by atoms with van der Waals surface area (Å²) in [5.74, 6) is -0.202. The molecule has 0 atom stereocenters. The summed E-state index contributed by atoms with van der Waals surface area (Å²) in [5, 5.41) is 9.96. The third-order valence-corrected chi connectivity index (χ3v) is 3.11. The topological polar surface area (TPSA) is 20.2 Å². The molecule has 0 saturated heterocycles. The molecule has 1 aliphatic carbocycles. The molecule has 2 heteroatoms. The van der Waals surface area contributed by atoms with Gasteiger partial charge in [0.15, 0.2) is 0 Å². The maximum Gasteiger partial charge on any atom is 0.123 e. The van der Waals surface area contributed by atoms with Crippen molar-refractivity contribution in [1.82, 2.24) is 0 Å². The molecule has 0 heterocycles. The molecule has 1 saturated carbocycles. The van der Waals surface area contributed by atoms with E-state index in [1.807, 2.05) is 6.92 Å². The predicted octanol–water partition coefficient (Wildman–Crippen LogP) is 2.59. The van der Waals surface area contributed by atoms with Gasteiger partial charge in [0.1, 0.15) is 5.82 Å². The number of halogens is 1. The highest BCUT2D eigenvalue weighted by molar-refractivity contribution is 5.28. The summed E-state index contributed by atoms with van der Waals surface area (Å²) in [6, 6.07) is 4.77. The third kappa shape index (κ3) is 1.80. The Morgan fingerprint density at radius 3 is 2.64 bits per heavy atom. The maximum absolute atomic E-state index is 12.8. The Hall–Kier alpha value is -0.890. The molecule has 1 aromatic carbocycles. The van der Waals surface area contributed by atoms with Gasteiger partial charge in [-0.25, -0.2) is 4.39 Å². The van der Waals surface area contributed by atoms with Crippen LogP contribution in [0.5, 0.6) is 0 Å². The van der Waals surface area contributed by atoms with Gasteiger partial charge in [-0.1, -0.05) is 6.07 Å². The summed E-state index contributed by atoms with van der Waals surface area (Å²) < 4.78 is 12.8. The zero-order valence-corrected chi connectivity index (χ0v) is 8.39. The van der Waals surface area contributed by atoms with Gasteiger partial charge in [0, 0.05) is 6.42 Å². The van der Waals surface area contributed by atoms with Crippen molar-refractivity contribution in [3.8, 4) is 0 Å². The molecule has 1 nitrogen and oxygen atoms in total. The van der Waals surface area contributed by atoms with Crippen LogP contribution in [0.4, 0.5) is 4.39 Å². The molecule has 0 radical (unpaired) electrons. The van der Waals surface area contributed by atoms with Gasteiger partial charge in [0.2, 0.25) is 0 Å². The van der Waals surface area contributed by atoms with Crippen molar-refractivity contribution in [3.05, 3.63) is 35.1 Å². The lowest BCUT2D eigenvalue weighted by molar-refractivity contribution is -0.0324.